The molecule has 1 aliphatic carbocycles. The smallest absolute Gasteiger partial charge is 0.0409 e. The Morgan fingerprint density at radius 3 is 2.81 bits per heavy atom. The van der Waals surface area contributed by atoms with Crippen LogP contribution in [-0.4, -0.2) is 12.6 Å². The third-order valence-electron chi connectivity index (χ3n) is 3.94. The van der Waals surface area contributed by atoms with Gasteiger partial charge in [0.1, 0.15) is 0 Å². The molecule has 2 rings (SSSR count). The van der Waals surface area contributed by atoms with Gasteiger partial charge in [0.2, 0.25) is 0 Å². The maximum absolute atomic E-state index is 6.11. The first-order chi connectivity index (χ1) is 7.54. The quantitative estimate of drug-likeness (QED) is 0.826. The summed E-state index contributed by atoms with van der Waals surface area (Å²) in [6.45, 7) is 4.54. The minimum atomic E-state index is 0.139. The van der Waals surface area contributed by atoms with Crippen LogP contribution in [0.15, 0.2) is 18.2 Å². The fourth-order valence-electron chi connectivity index (χ4n) is 2.69. The molecule has 1 aromatic rings. The molecule has 1 aromatic carbocycles. The van der Waals surface area contributed by atoms with E-state index in [2.05, 4.69) is 31.3 Å². The summed E-state index contributed by atoms with van der Waals surface area (Å²) < 4.78 is 0. The number of benzene rings is 1. The monoisotopic (exact) mass is 237 g/mol. The van der Waals surface area contributed by atoms with Crippen LogP contribution < -0.4 is 5.32 Å². The topological polar surface area (TPSA) is 12.0 Å². The van der Waals surface area contributed by atoms with Crippen LogP contribution in [-0.2, 0) is 6.42 Å². The summed E-state index contributed by atoms with van der Waals surface area (Å²) in [4.78, 5) is 0. The Bertz CT molecular complexity index is 384. The average Bonchev–Trinajstić information content (AvgIpc) is 2.28. The van der Waals surface area contributed by atoms with E-state index in [-0.39, 0.29) is 5.54 Å². The number of hydrogen-bond acceptors (Lipinski definition) is 1. The third kappa shape index (κ3) is 2.11. The largest absolute Gasteiger partial charge is 0.314 e. The molecule has 0 radical (unpaired) electrons. The van der Waals surface area contributed by atoms with Crippen molar-refractivity contribution in [2.75, 3.05) is 7.05 Å². The van der Waals surface area contributed by atoms with E-state index in [4.69, 9.17) is 11.6 Å². The van der Waals surface area contributed by atoms with E-state index in [1.165, 1.54) is 30.4 Å². The van der Waals surface area contributed by atoms with Crippen molar-refractivity contribution in [1.29, 1.82) is 0 Å². The molecule has 1 atom stereocenters. The van der Waals surface area contributed by atoms with Gasteiger partial charge in [-0.1, -0.05) is 17.7 Å². The standard InChI is InChI=1S/C14H20ClN/c1-14(2,16-3)13-6-4-5-10-7-8-11(15)9-12(10)13/h7-9,13,16H,4-6H2,1-3H3. The van der Waals surface area contributed by atoms with Crippen molar-refractivity contribution in [3.63, 3.8) is 0 Å². The van der Waals surface area contributed by atoms with Crippen LogP contribution in [0.1, 0.15) is 43.7 Å². The van der Waals surface area contributed by atoms with Gasteiger partial charge in [-0.05, 0) is 63.4 Å². The van der Waals surface area contributed by atoms with Crippen LogP contribution in [0.4, 0.5) is 0 Å². The first-order valence-corrected chi connectivity index (χ1v) is 6.39. The lowest BCUT2D eigenvalue weighted by Gasteiger charge is -2.38. The molecule has 2 heteroatoms. The maximum atomic E-state index is 6.11. The molecule has 0 heterocycles. The van der Waals surface area contributed by atoms with Crippen LogP contribution >= 0.6 is 11.6 Å². The molecule has 88 valence electrons. The Morgan fingerprint density at radius 2 is 2.12 bits per heavy atom. The summed E-state index contributed by atoms with van der Waals surface area (Å²) in [6, 6.07) is 6.35. The molecule has 1 unspecified atom stereocenters. The molecule has 0 aliphatic heterocycles. The van der Waals surface area contributed by atoms with E-state index in [0.29, 0.717) is 5.92 Å². The van der Waals surface area contributed by atoms with Crippen LogP contribution in [0.3, 0.4) is 0 Å². The summed E-state index contributed by atoms with van der Waals surface area (Å²) in [7, 11) is 2.04. The summed E-state index contributed by atoms with van der Waals surface area (Å²) in [5, 5.41) is 4.29. The molecular weight excluding hydrogens is 218 g/mol. The van der Waals surface area contributed by atoms with E-state index >= 15 is 0 Å². The highest BCUT2D eigenvalue weighted by Crippen LogP contribution is 2.39. The van der Waals surface area contributed by atoms with Crippen molar-refractivity contribution in [1.82, 2.24) is 5.32 Å². The van der Waals surface area contributed by atoms with E-state index in [1.54, 1.807) is 0 Å². The van der Waals surface area contributed by atoms with Gasteiger partial charge in [0.15, 0.2) is 0 Å². The van der Waals surface area contributed by atoms with Crippen LogP contribution in [0, 0.1) is 0 Å². The number of hydrogen-bond donors (Lipinski definition) is 1. The number of nitrogens with one attached hydrogen (secondary N) is 1. The van der Waals surface area contributed by atoms with Crippen molar-refractivity contribution >= 4 is 11.6 Å². The minimum Gasteiger partial charge on any atom is -0.314 e. The summed E-state index contributed by atoms with van der Waals surface area (Å²) in [5.74, 6) is 0.569. The lowest BCUT2D eigenvalue weighted by atomic mass is 9.73. The molecule has 1 N–H and O–H groups in total. The SMILES string of the molecule is CNC(C)(C)C1CCCc2ccc(Cl)cc21. The molecule has 0 saturated heterocycles. The van der Waals surface area contributed by atoms with Gasteiger partial charge >= 0.3 is 0 Å². The van der Waals surface area contributed by atoms with Gasteiger partial charge in [-0.15, -0.1) is 0 Å². The molecule has 16 heavy (non-hydrogen) atoms. The lowest BCUT2D eigenvalue weighted by molar-refractivity contribution is 0.313. The highest BCUT2D eigenvalue weighted by atomic mass is 35.5. The predicted molar refractivity (Wildman–Crippen MR) is 70.3 cm³/mol. The maximum Gasteiger partial charge on any atom is 0.0409 e. The van der Waals surface area contributed by atoms with Gasteiger partial charge in [0.05, 0.1) is 0 Å². The summed E-state index contributed by atoms with van der Waals surface area (Å²) >= 11 is 6.11. The van der Waals surface area contributed by atoms with Crippen molar-refractivity contribution in [2.24, 2.45) is 0 Å². The highest BCUT2D eigenvalue weighted by molar-refractivity contribution is 6.30. The second-order valence-corrected chi connectivity index (χ2v) is 5.70. The first-order valence-electron chi connectivity index (χ1n) is 6.02. The number of fused-ring (bicyclic) bond motifs is 1. The number of aryl methyl sites for hydroxylation is 1. The highest BCUT2D eigenvalue weighted by Gasteiger charge is 2.32. The summed E-state index contributed by atoms with van der Waals surface area (Å²) in [6.07, 6.45) is 3.73. The molecule has 0 spiro atoms. The van der Waals surface area contributed by atoms with Crippen molar-refractivity contribution in [3.8, 4) is 0 Å². The predicted octanol–water partition coefficient (Wildman–Crippen LogP) is 3.76. The Labute approximate surface area is 103 Å². The minimum absolute atomic E-state index is 0.139. The number of likely N-dealkylation sites (N-methyl/N-ethyl adjacent to an activating group) is 1. The van der Waals surface area contributed by atoms with E-state index in [1.807, 2.05) is 13.1 Å². The van der Waals surface area contributed by atoms with Gasteiger partial charge < -0.3 is 5.32 Å². The van der Waals surface area contributed by atoms with Crippen LogP contribution in [0.25, 0.3) is 0 Å². The first kappa shape index (κ1) is 11.9. The molecule has 0 bridgehead atoms. The molecule has 1 aliphatic rings. The molecule has 0 fully saturated rings. The van der Waals surface area contributed by atoms with E-state index < -0.39 is 0 Å². The molecule has 0 saturated carbocycles. The van der Waals surface area contributed by atoms with Gasteiger partial charge in [0.25, 0.3) is 0 Å². The molecule has 0 aromatic heterocycles. The van der Waals surface area contributed by atoms with Gasteiger partial charge in [-0.2, -0.15) is 0 Å². The number of rotatable bonds is 2. The second-order valence-electron chi connectivity index (χ2n) is 5.26. The van der Waals surface area contributed by atoms with Crippen LogP contribution in [0.5, 0.6) is 0 Å². The van der Waals surface area contributed by atoms with E-state index in [0.717, 1.165) is 5.02 Å². The Kier molecular flexibility index (Phi) is 3.27. The van der Waals surface area contributed by atoms with E-state index in [9.17, 15) is 0 Å². The zero-order valence-corrected chi connectivity index (χ0v) is 11.1. The Hall–Kier alpha value is -0.530. The van der Waals surface area contributed by atoms with Gasteiger partial charge in [-0.25, -0.2) is 0 Å². The van der Waals surface area contributed by atoms with Crippen molar-refractivity contribution in [2.45, 2.75) is 44.6 Å². The fourth-order valence-corrected chi connectivity index (χ4v) is 2.87. The molecular formula is C14H20ClN. The second kappa shape index (κ2) is 4.38. The lowest BCUT2D eigenvalue weighted by Crippen LogP contribution is -2.43. The van der Waals surface area contributed by atoms with Crippen molar-refractivity contribution < 1.29 is 0 Å². The van der Waals surface area contributed by atoms with Crippen molar-refractivity contribution in [3.05, 3.63) is 34.3 Å². The Balaban J connectivity index is 2.43. The normalized spacial score (nSPS) is 20.6. The molecule has 0 amide bonds. The average molecular weight is 238 g/mol. The van der Waals surface area contributed by atoms with Gasteiger partial charge in [0, 0.05) is 16.5 Å². The van der Waals surface area contributed by atoms with Crippen LogP contribution in [0.2, 0.25) is 5.02 Å². The molecule has 1 nitrogen and oxygen atoms in total. The zero-order valence-electron chi connectivity index (χ0n) is 10.3. The Morgan fingerprint density at radius 1 is 1.38 bits per heavy atom. The van der Waals surface area contributed by atoms with Gasteiger partial charge in [-0.3, -0.25) is 0 Å². The zero-order chi connectivity index (χ0) is 11.8. The third-order valence-corrected chi connectivity index (χ3v) is 4.17. The number of halogens is 1. The fraction of sp³-hybridized carbons (Fsp3) is 0.571. The summed E-state index contributed by atoms with van der Waals surface area (Å²) in [5.41, 5.74) is 3.06.